The molecule has 0 unspecified atom stereocenters. The van der Waals surface area contributed by atoms with Gasteiger partial charge in [0.2, 0.25) is 0 Å². The minimum absolute atomic E-state index is 0.297. The number of nitrogens with zero attached hydrogens (tertiary/aromatic N) is 3. The lowest BCUT2D eigenvalue weighted by Crippen LogP contribution is -2.35. The van der Waals surface area contributed by atoms with Crippen LogP contribution in [0.25, 0.3) is 5.69 Å². The third kappa shape index (κ3) is 3.85. The van der Waals surface area contributed by atoms with Crippen LogP contribution in [0.15, 0.2) is 48.7 Å². The molecule has 0 aliphatic rings. The molecule has 2 heterocycles. The van der Waals surface area contributed by atoms with Gasteiger partial charge in [0.05, 0.1) is 17.1 Å². The van der Waals surface area contributed by atoms with E-state index < -0.39 is 24.4 Å². The molecule has 2 aromatic heterocycles. The predicted octanol–water partition coefficient (Wildman–Crippen LogP) is 1.94. The quantitative estimate of drug-likeness (QED) is 0.683. The van der Waals surface area contributed by atoms with Crippen molar-refractivity contribution in [3.05, 3.63) is 71.3 Å². The van der Waals surface area contributed by atoms with E-state index in [1.165, 1.54) is 0 Å². The lowest BCUT2D eigenvalue weighted by molar-refractivity contribution is -0.123. The van der Waals surface area contributed by atoms with Crippen molar-refractivity contribution in [3.63, 3.8) is 0 Å². The van der Waals surface area contributed by atoms with E-state index in [4.69, 9.17) is 4.74 Å². The fraction of sp³-hybridized carbons (Fsp3) is 0.200. The van der Waals surface area contributed by atoms with E-state index in [-0.39, 0.29) is 0 Å². The molecule has 8 heteroatoms. The molecule has 0 fully saturated rings. The molecule has 1 N–H and O–H groups in total. The summed E-state index contributed by atoms with van der Waals surface area (Å²) < 4.78 is 8.31. The van der Waals surface area contributed by atoms with E-state index >= 15 is 0 Å². The van der Waals surface area contributed by atoms with Gasteiger partial charge >= 0.3 is 5.97 Å². The maximum atomic E-state index is 12.5. The molecule has 144 valence electrons. The highest BCUT2D eigenvalue weighted by molar-refractivity contribution is 6.04. The van der Waals surface area contributed by atoms with Gasteiger partial charge in [0.25, 0.3) is 11.8 Å². The zero-order chi connectivity index (χ0) is 20.3. The van der Waals surface area contributed by atoms with Crippen LogP contribution in [0, 0.1) is 13.8 Å². The van der Waals surface area contributed by atoms with Gasteiger partial charge in [-0.2, -0.15) is 5.10 Å². The van der Waals surface area contributed by atoms with Crippen LogP contribution in [-0.2, 0) is 16.6 Å². The average molecular weight is 380 g/mol. The first-order chi connectivity index (χ1) is 13.4. The summed E-state index contributed by atoms with van der Waals surface area (Å²) in [7, 11) is 1.69. The van der Waals surface area contributed by atoms with Gasteiger partial charge in [0.15, 0.2) is 6.61 Å². The normalized spacial score (nSPS) is 10.5. The number of hydrogen-bond acceptors (Lipinski definition) is 5. The summed E-state index contributed by atoms with van der Waals surface area (Å²) >= 11 is 0. The van der Waals surface area contributed by atoms with Crippen molar-refractivity contribution < 1.29 is 19.1 Å². The Morgan fingerprint density at radius 2 is 1.79 bits per heavy atom. The molecule has 1 aromatic carbocycles. The van der Waals surface area contributed by atoms with Crippen molar-refractivity contribution in [2.24, 2.45) is 7.05 Å². The highest BCUT2D eigenvalue weighted by Crippen LogP contribution is 2.18. The summed E-state index contributed by atoms with van der Waals surface area (Å²) in [4.78, 5) is 36.4. The van der Waals surface area contributed by atoms with E-state index in [2.05, 4.69) is 10.4 Å². The number of aromatic nitrogens is 3. The number of nitrogens with one attached hydrogen (secondary N) is 1. The Labute approximate surface area is 161 Å². The molecular formula is C20H20N4O4. The van der Waals surface area contributed by atoms with Crippen LogP contribution >= 0.6 is 0 Å². The number of esters is 1. The molecule has 28 heavy (non-hydrogen) atoms. The molecule has 0 spiro atoms. The largest absolute Gasteiger partial charge is 0.452 e. The third-order valence-corrected chi connectivity index (χ3v) is 4.26. The number of ether oxygens (including phenoxy) is 1. The van der Waals surface area contributed by atoms with Crippen molar-refractivity contribution in [2.45, 2.75) is 13.8 Å². The van der Waals surface area contributed by atoms with Gasteiger partial charge in [-0.1, -0.05) is 18.2 Å². The van der Waals surface area contributed by atoms with Crippen molar-refractivity contribution in [1.82, 2.24) is 19.7 Å². The first-order valence-electron chi connectivity index (χ1n) is 8.62. The Balaban J connectivity index is 1.65. The molecule has 0 saturated heterocycles. The van der Waals surface area contributed by atoms with Crippen molar-refractivity contribution >= 4 is 17.8 Å². The Morgan fingerprint density at radius 1 is 1.07 bits per heavy atom. The van der Waals surface area contributed by atoms with Gasteiger partial charge in [0, 0.05) is 13.2 Å². The second-order valence-corrected chi connectivity index (χ2v) is 6.25. The fourth-order valence-corrected chi connectivity index (χ4v) is 2.89. The van der Waals surface area contributed by atoms with Crippen LogP contribution in [0.3, 0.4) is 0 Å². The van der Waals surface area contributed by atoms with Gasteiger partial charge in [0.1, 0.15) is 11.3 Å². The van der Waals surface area contributed by atoms with Crippen molar-refractivity contribution in [1.29, 1.82) is 0 Å². The number of hydrogen-bond donors (Lipinski definition) is 1. The van der Waals surface area contributed by atoms with Crippen LogP contribution in [0.1, 0.15) is 32.2 Å². The molecule has 3 rings (SSSR count). The summed E-state index contributed by atoms with van der Waals surface area (Å²) in [5, 5.41) is 6.57. The van der Waals surface area contributed by atoms with Crippen LogP contribution in [0.4, 0.5) is 0 Å². The van der Waals surface area contributed by atoms with Gasteiger partial charge in [-0.15, -0.1) is 0 Å². The molecular weight excluding hydrogens is 360 g/mol. The summed E-state index contributed by atoms with van der Waals surface area (Å²) in [6, 6.07) is 12.7. The van der Waals surface area contributed by atoms with Crippen molar-refractivity contribution in [2.75, 3.05) is 6.61 Å². The maximum absolute atomic E-state index is 12.5. The average Bonchev–Trinajstić information content (AvgIpc) is 3.23. The highest BCUT2D eigenvalue weighted by Gasteiger charge is 2.22. The second-order valence-electron chi connectivity index (χ2n) is 6.25. The number of amides is 2. The van der Waals surface area contributed by atoms with Crippen LogP contribution in [-0.4, -0.2) is 38.7 Å². The smallest absolute Gasteiger partial charge is 0.342 e. The molecule has 0 radical (unpaired) electrons. The van der Waals surface area contributed by atoms with E-state index in [1.54, 1.807) is 48.5 Å². The van der Waals surface area contributed by atoms with E-state index in [9.17, 15) is 14.4 Å². The van der Waals surface area contributed by atoms with Crippen molar-refractivity contribution in [3.8, 4) is 5.69 Å². The standard InChI is InChI=1S/C20H20N4O4/c1-13-18(14(2)24(22-13)15-8-5-4-6-9-15)20(27)28-12-17(25)21-19(26)16-10-7-11-23(16)3/h4-11H,12H2,1-3H3,(H,21,25,26). The zero-order valence-electron chi connectivity index (χ0n) is 15.8. The molecule has 3 aromatic rings. The van der Waals surface area contributed by atoms with E-state index in [0.717, 1.165) is 5.69 Å². The molecule has 0 aliphatic carbocycles. The second kappa shape index (κ2) is 7.91. The number of para-hydroxylation sites is 1. The SMILES string of the molecule is Cc1nn(-c2ccccc2)c(C)c1C(=O)OCC(=O)NC(=O)c1cccn1C. The zero-order valence-corrected chi connectivity index (χ0v) is 15.8. The monoisotopic (exact) mass is 380 g/mol. The van der Waals surface area contributed by atoms with E-state index in [0.29, 0.717) is 22.6 Å². The first kappa shape index (κ1) is 19.1. The summed E-state index contributed by atoms with van der Waals surface area (Å²) in [6.07, 6.45) is 1.69. The molecule has 8 nitrogen and oxygen atoms in total. The van der Waals surface area contributed by atoms with Gasteiger partial charge in [-0.3, -0.25) is 14.9 Å². The lowest BCUT2D eigenvalue weighted by Gasteiger charge is -2.07. The molecule has 0 bridgehead atoms. The molecule has 2 amide bonds. The minimum Gasteiger partial charge on any atom is -0.452 e. The fourth-order valence-electron chi connectivity index (χ4n) is 2.89. The van der Waals surface area contributed by atoms with Crippen LogP contribution in [0.2, 0.25) is 0 Å². The molecule has 0 aliphatic heterocycles. The number of imide groups is 1. The third-order valence-electron chi connectivity index (χ3n) is 4.26. The van der Waals surface area contributed by atoms with Crippen LogP contribution in [0.5, 0.6) is 0 Å². The number of aryl methyl sites for hydroxylation is 2. The molecule has 0 saturated carbocycles. The molecule has 0 atom stereocenters. The number of carbonyl (C=O) groups excluding carboxylic acids is 3. The lowest BCUT2D eigenvalue weighted by atomic mass is 10.2. The number of rotatable bonds is 5. The number of benzene rings is 1. The Hall–Kier alpha value is -3.68. The van der Waals surface area contributed by atoms with Gasteiger partial charge in [-0.05, 0) is 38.1 Å². The summed E-state index contributed by atoms with van der Waals surface area (Å²) in [5.41, 5.74) is 2.54. The van der Waals surface area contributed by atoms with E-state index in [1.807, 2.05) is 30.3 Å². The summed E-state index contributed by atoms with van der Waals surface area (Å²) in [5.74, 6) is -1.93. The highest BCUT2D eigenvalue weighted by atomic mass is 16.5. The Bertz CT molecular complexity index is 1030. The van der Waals surface area contributed by atoms with Crippen LogP contribution < -0.4 is 5.32 Å². The Kier molecular flexibility index (Phi) is 5.39. The predicted molar refractivity (Wildman–Crippen MR) is 101 cm³/mol. The van der Waals surface area contributed by atoms with Gasteiger partial charge in [-0.25, -0.2) is 9.48 Å². The number of carbonyl (C=O) groups is 3. The van der Waals surface area contributed by atoms with Gasteiger partial charge < -0.3 is 9.30 Å². The minimum atomic E-state index is -0.703. The summed E-state index contributed by atoms with van der Waals surface area (Å²) in [6.45, 7) is 2.88. The maximum Gasteiger partial charge on any atom is 0.342 e. The Morgan fingerprint density at radius 3 is 2.43 bits per heavy atom. The topological polar surface area (TPSA) is 95.2 Å². The first-order valence-corrected chi connectivity index (χ1v) is 8.62.